The Balaban J connectivity index is 2.84. The monoisotopic (exact) mass is 211 g/mol. The van der Waals surface area contributed by atoms with Crippen LogP contribution in [0.25, 0.3) is 10.3 Å². The lowest BCUT2D eigenvalue weighted by atomic mass is 10.2. The number of nitrogens with zero attached hydrogens (tertiary/aromatic N) is 1. The lowest BCUT2D eigenvalue weighted by Gasteiger charge is -1.93. The summed E-state index contributed by atoms with van der Waals surface area (Å²) in [5, 5.41) is 0.854. The van der Waals surface area contributed by atoms with Crippen LogP contribution in [0.15, 0.2) is 9.59 Å². The minimum absolute atomic E-state index is 0.260. The third kappa shape index (κ3) is 1.37. The smallest absolute Gasteiger partial charge is 0.297 e. The van der Waals surface area contributed by atoms with Crippen LogP contribution in [0.3, 0.4) is 0 Å². The van der Waals surface area contributed by atoms with Crippen molar-refractivity contribution in [1.82, 2.24) is 15.0 Å². The Morgan fingerprint density at radius 1 is 1.29 bits per heavy atom. The van der Waals surface area contributed by atoms with Crippen LogP contribution in [0, 0.1) is 0 Å². The van der Waals surface area contributed by atoms with E-state index in [2.05, 4.69) is 15.0 Å². The number of aromatic nitrogens is 3. The fourth-order valence-electron chi connectivity index (χ4n) is 1.12. The summed E-state index contributed by atoms with van der Waals surface area (Å²) in [6.07, 6.45) is 0. The number of H-pyrrole nitrogens is 2. The first kappa shape index (κ1) is 9.14. The van der Waals surface area contributed by atoms with Gasteiger partial charge in [0.2, 0.25) is 0 Å². The lowest BCUT2D eigenvalue weighted by molar-refractivity contribution is 0.856. The van der Waals surface area contributed by atoms with Gasteiger partial charge in [-0.15, -0.1) is 11.3 Å². The van der Waals surface area contributed by atoms with Crippen LogP contribution in [0.4, 0.5) is 0 Å². The van der Waals surface area contributed by atoms with Crippen LogP contribution in [-0.2, 0) is 0 Å². The van der Waals surface area contributed by atoms with Crippen molar-refractivity contribution in [3.63, 3.8) is 0 Å². The van der Waals surface area contributed by atoms with Gasteiger partial charge in [-0.3, -0.25) is 14.8 Å². The van der Waals surface area contributed by atoms with Crippen LogP contribution in [0.2, 0.25) is 0 Å². The SMILES string of the molecule is CC(C)c1nc2c(=O)[nH]c(=O)[nH]c2s1. The van der Waals surface area contributed by atoms with Crippen LogP contribution in [0.5, 0.6) is 0 Å². The summed E-state index contributed by atoms with van der Waals surface area (Å²) in [5.41, 5.74) is -0.591. The van der Waals surface area contributed by atoms with Gasteiger partial charge < -0.3 is 0 Å². The van der Waals surface area contributed by atoms with E-state index in [0.29, 0.717) is 10.3 Å². The number of rotatable bonds is 1. The van der Waals surface area contributed by atoms with Gasteiger partial charge in [0.15, 0.2) is 5.52 Å². The van der Waals surface area contributed by atoms with Crippen molar-refractivity contribution in [1.29, 1.82) is 0 Å². The molecule has 5 nitrogen and oxygen atoms in total. The highest BCUT2D eigenvalue weighted by Gasteiger charge is 2.10. The maximum Gasteiger partial charge on any atom is 0.326 e. The Morgan fingerprint density at radius 3 is 2.64 bits per heavy atom. The van der Waals surface area contributed by atoms with E-state index in [1.165, 1.54) is 11.3 Å². The molecule has 0 unspecified atom stereocenters. The molecule has 0 amide bonds. The molecule has 74 valence electrons. The zero-order valence-electron chi connectivity index (χ0n) is 7.75. The van der Waals surface area contributed by atoms with Crippen molar-refractivity contribution in [3.8, 4) is 0 Å². The zero-order valence-corrected chi connectivity index (χ0v) is 8.57. The average molecular weight is 211 g/mol. The largest absolute Gasteiger partial charge is 0.326 e. The first-order valence-corrected chi connectivity index (χ1v) is 5.02. The Morgan fingerprint density at radius 2 is 2.00 bits per heavy atom. The molecule has 0 fully saturated rings. The van der Waals surface area contributed by atoms with Gasteiger partial charge in [0.05, 0.1) is 5.01 Å². The predicted molar refractivity (Wildman–Crippen MR) is 55.0 cm³/mol. The second kappa shape index (κ2) is 3.06. The number of nitrogens with one attached hydrogen (secondary N) is 2. The van der Waals surface area contributed by atoms with Crippen molar-refractivity contribution in [2.75, 3.05) is 0 Å². The fourth-order valence-corrected chi connectivity index (χ4v) is 2.08. The Labute approximate surface area is 82.8 Å². The van der Waals surface area contributed by atoms with Gasteiger partial charge in [0.1, 0.15) is 4.83 Å². The van der Waals surface area contributed by atoms with Gasteiger partial charge in [-0.05, 0) is 0 Å². The molecular formula is C8H9N3O2S. The predicted octanol–water partition coefficient (Wildman–Crippen LogP) is 0.796. The third-order valence-electron chi connectivity index (χ3n) is 1.81. The normalized spacial score (nSPS) is 11.4. The van der Waals surface area contributed by atoms with Gasteiger partial charge in [-0.25, -0.2) is 9.78 Å². The summed E-state index contributed by atoms with van der Waals surface area (Å²) in [4.78, 5) is 31.7. The molecule has 0 aliphatic heterocycles. The van der Waals surface area contributed by atoms with Crippen molar-refractivity contribution < 1.29 is 0 Å². The summed E-state index contributed by atoms with van der Waals surface area (Å²) in [7, 11) is 0. The molecule has 0 saturated heterocycles. The topological polar surface area (TPSA) is 78.6 Å². The minimum Gasteiger partial charge on any atom is -0.297 e. The molecule has 0 aromatic carbocycles. The second-order valence-corrected chi connectivity index (χ2v) is 4.32. The molecule has 2 rings (SSSR count). The first-order valence-electron chi connectivity index (χ1n) is 4.21. The van der Waals surface area contributed by atoms with E-state index in [9.17, 15) is 9.59 Å². The van der Waals surface area contributed by atoms with Crippen molar-refractivity contribution in [2.24, 2.45) is 0 Å². The molecular weight excluding hydrogens is 202 g/mol. The molecule has 2 N–H and O–H groups in total. The van der Waals surface area contributed by atoms with Gasteiger partial charge >= 0.3 is 5.69 Å². The van der Waals surface area contributed by atoms with Gasteiger partial charge in [-0.1, -0.05) is 13.8 Å². The van der Waals surface area contributed by atoms with Crippen molar-refractivity contribution in [2.45, 2.75) is 19.8 Å². The fraction of sp³-hybridized carbons (Fsp3) is 0.375. The first-order chi connectivity index (χ1) is 6.58. The molecule has 0 spiro atoms. The summed E-state index contributed by atoms with van der Waals surface area (Å²) >= 11 is 1.35. The highest BCUT2D eigenvalue weighted by molar-refractivity contribution is 7.18. The van der Waals surface area contributed by atoms with Crippen molar-refractivity contribution >= 4 is 21.7 Å². The molecule has 2 heterocycles. The van der Waals surface area contributed by atoms with E-state index < -0.39 is 11.2 Å². The van der Waals surface area contributed by atoms with Gasteiger partial charge in [-0.2, -0.15) is 0 Å². The summed E-state index contributed by atoms with van der Waals surface area (Å²) in [6, 6.07) is 0. The Hall–Kier alpha value is -1.43. The molecule has 0 bridgehead atoms. The molecule has 0 aliphatic carbocycles. The van der Waals surface area contributed by atoms with Gasteiger partial charge in [0.25, 0.3) is 5.56 Å². The summed E-state index contributed by atoms with van der Waals surface area (Å²) in [6.45, 7) is 3.98. The maximum atomic E-state index is 11.3. The third-order valence-corrected chi connectivity index (χ3v) is 3.08. The number of hydrogen-bond acceptors (Lipinski definition) is 4. The van der Waals surface area contributed by atoms with E-state index in [-0.39, 0.29) is 5.92 Å². The van der Waals surface area contributed by atoms with Crippen LogP contribution in [0.1, 0.15) is 24.8 Å². The lowest BCUT2D eigenvalue weighted by Crippen LogP contribution is -2.21. The van der Waals surface area contributed by atoms with Gasteiger partial charge in [0, 0.05) is 5.92 Å². The van der Waals surface area contributed by atoms with E-state index >= 15 is 0 Å². The summed E-state index contributed by atoms with van der Waals surface area (Å²) < 4.78 is 0. The maximum absolute atomic E-state index is 11.3. The van der Waals surface area contributed by atoms with E-state index in [1.807, 2.05) is 13.8 Å². The number of aromatic amines is 2. The van der Waals surface area contributed by atoms with Crippen LogP contribution >= 0.6 is 11.3 Å². The summed E-state index contributed by atoms with van der Waals surface area (Å²) in [5.74, 6) is 0.260. The highest BCUT2D eigenvalue weighted by Crippen LogP contribution is 2.22. The second-order valence-electron chi connectivity index (χ2n) is 3.29. The Kier molecular flexibility index (Phi) is 1.99. The molecule has 0 radical (unpaired) electrons. The molecule has 2 aromatic rings. The average Bonchev–Trinajstić information content (AvgIpc) is 2.47. The quantitative estimate of drug-likeness (QED) is 0.732. The number of thiazole rings is 1. The Bertz CT molecular complexity index is 578. The van der Waals surface area contributed by atoms with E-state index in [1.54, 1.807) is 0 Å². The van der Waals surface area contributed by atoms with E-state index in [4.69, 9.17) is 0 Å². The standard InChI is InChI=1S/C8H9N3O2S/c1-3(2)6-9-4-5(12)10-8(13)11-7(4)14-6/h3H,1-2H3,(H2,10,11,12,13). The zero-order chi connectivity index (χ0) is 10.3. The molecule has 0 aliphatic rings. The molecule has 0 atom stereocenters. The van der Waals surface area contributed by atoms with E-state index in [0.717, 1.165) is 5.01 Å². The molecule has 2 aromatic heterocycles. The van der Waals surface area contributed by atoms with Crippen molar-refractivity contribution in [3.05, 3.63) is 25.8 Å². The highest BCUT2D eigenvalue weighted by atomic mass is 32.1. The van der Waals surface area contributed by atoms with Crippen LogP contribution in [-0.4, -0.2) is 15.0 Å². The number of fused-ring (bicyclic) bond motifs is 1. The molecule has 0 saturated carbocycles. The van der Waals surface area contributed by atoms with Crippen LogP contribution < -0.4 is 11.2 Å². The molecule has 6 heteroatoms. The minimum atomic E-state index is -0.485. The number of hydrogen-bond donors (Lipinski definition) is 2. The molecule has 14 heavy (non-hydrogen) atoms.